The fourth-order valence-corrected chi connectivity index (χ4v) is 5.62. The van der Waals surface area contributed by atoms with Crippen molar-refractivity contribution in [2.75, 3.05) is 43.1 Å². The number of anilines is 1. The molecule has 1 atom stereocenters. The monoisotopic (exact) mass is 479 g/mol. The van der Waals surface area contributed by atoms with Gasteiger partial charge in [-0.05, 0) is 79.6 Å². The van der Waals surface area contributed by atoms with E-state index in [9.17, 15) is 9.59 Å². The molecule has 7 heteroatoms. The van der Waals surface area contributed by atoms with Crippen LogP contribution in [-0.2, 0) is 22.4 Å². The Labute approximate surface area is 206 Å². The maximum Gasteiger partial charge on any atom is 0.306 e. The number of ether oxygens (including phenoxy) is 1. The Morgan fingerprint density at radius 3 is 2.50 bits per heavy atom. The normalized spacial score (nSPS) is 17.6. The van der Waals surface area contributed by atoms with Crippen molar-refractivity contribution in [3.05, 3.63) is 64.7 Å². The standard InChI is InChI=1S/C27H33N3O3S/c1-3-33-25(31)17-19-4-5-20-6-7-22(18-23(20)16-19)27(32)29(2)24-10-8-21(9-11-24)26(28)30-12-14-34-15-13-30/h6-11,18-19,28H,3-5,12-17H2,1-2H3. The summed E-state index contributed by atoms with van der Waals surface area (Å²) in [6.45, 7) is 4.05. The molecule has 0 bridgehead atoms. The molecule has 1 amide bonds. The molecule has 0 aromatic heterocycles. The third-order valence-electron chi connectivity index (χ3n) is 6.70. The highest BCUT2D eigenvalue weighted by Crippen LogP contribution is 2.29. The molecule has 34 heavy (non-hydrogen) atoms. The number of hydrogen-bond donors (Lipinski definition) is 1. The van der Waals surface area contributed by atoms with Gasteiger partial charge in [0.15, 0.2) is 0 Å². The van der Waals surface area contributed by atoms with E-state index in [2.05, 4.69) is 11.0 Å². The number of carbonyl (C=O) groups excluding carboxylic acids is 2. The molecular weight excluding hydrogens is 446 g/mol. The lowest BCUT2D eigenvalue weighted by molar-refractivity contribution is -0.144. The highest BCUT2D eigenvalue weighted by atomic mass is 32.2. The van der Waals surface area contributed by atoms with Crippen molar-refractivity contribution in [3.63, 3.8) is 0 Å². The fraction of sp³-hybridized carbons (Fsp3) is 0.444. The van der Waals surface area contributed by atoms with Gasteiger partial charge >= 0.3 is 5.97 Å². The Hall–Kier alpha value is -2.80. The summed E-state index contributed by atoms with van der Waals surface area (Å²) in [4.78, 5) is 28.9. The predicted molar refractivity (Wildman–Crippen MR) is 138 cm³/mol. The molecule has 1 aliphatic heterocycles. The van der Waals surface area contributed by atoms with Gasteiger partial charge in [-0.3, -0.25) is 15.0 Å². The zero-order valence-corrected chi connectivity index (χ0v) is 20.8. The number of hydrogen-bond acceptors (Lipinski definition) is 5. The lowest BCUT2D eigenvalue weighted by Crippen LogP contribution is -2.37. The minimum Gasteiger partial charge on any atom is -0.466 e. The summed E-state index contributed by atoms with van der Waals surface area (Å²) in [5.74, 6) is 2.72. The predicted octanol–water partition coefficient (Wildman–Crippen LogP) is 4.40. The van der Waals surface area contributed by atoms with E-state index in [-0.39, 0.29) is 17.8 Å². The van der Waals surface area contributed by atoms with E-state index in [0.717, 1.165) is 60.7 Å². The molecule has 1 N–H and O–H groups in total. The summed E-state index contributed by atoms with van der Waals surface area (Å²) in [5.41, 5.74) is 4.74. The van der Waals surface area contributed by atoms with Crippen LogP contribution in [-0.4, -0.2) is 60.9 Å². The van der Waals surface area contributed by atoms with Crippen LogP contribution in [0.5, 0.6) is 0 Å². The van der Waals surface area contributed by atoms with Crippen molar-refractivity contribution in [3.8, 4) is 0 Å². The number of nitrogens with zero attached hydrogens (tertiary/aromatic N) is 2. The number of rotatable bonds is 6. The van der Waals surface area contributed by atoms with Crippen LogP contribution in [0.15, 0.2) is 42.5 Å². The van der Waals surface area contributed by atoms with Gasteiger partial charge in [0.2, 0.25) is 0 Å². The van der Waals surface area contributed by atoms with Crippen LogP contribution < -0.4 is 4.90 Å². The smallest absolute Gasteiger partial charge is 0.306 e. The van der Waals surface area contributed by atoms with E-state index in [0.29, 0.717) is 24.4 Å². The first-order valence-electron chi connectivity index (χ1n) is 12.0. The van der Waals surface area contributed by atoms with Gasteiger partial charge in [-0.1, -0.05) is 6.07 Å². The Morgan fingerprint density at radius 2 is 1.79 bits per heavy atom. The van der Waals surface area contributed by atoms with Gasteiger partial charge in [-0.15, -0.1) is 0 Å². The number of amidine groups is 1. The van der Waals surface area contributed by atoms with Gasteiger partial charge in [0.25, 0.3) is 5.91 Å². The lowest BCUT2D eigenvalue weighted by atomic mass is 9.81. The Bertz CT molecular complexity index is 1050. The van der Waals surface area contributed by atoms with Gasteiger partial charge in [0, 0.05) is 54.9 Å². The number of nitrogens with one attached hydrogen (secondary N) is 1. The van der Waals surface area contributed by atoms with Crippen LogP contribution in [0.3, 0.4) is 0 Å². The lowest BCUT2D eigenvalue weighted by Gasteiger charge is -2.29. The van der Waals surface area contributed by atoms with E-state index >= 15 is 0 Å². The second kappa shape index (κ2) is 11.1. The van der Waals surface area contributed by atoms with Crippen LogP contribution in [0, 0.1) is 11.3 Å². The fourth-order valence-electron chi connectivity index (χ4n) is 4.72. The number of carbonyl (C=O) groups is 2. The molecule has 1 fully saturated rings. The van der Waals surface area contributed by atoms with Crippen LogP contribution in [0.4, 0.5) is 5.69 Å². The van der Waals surface area contributed by atoms with Gasteiger partial charge in [-0.25, -0.2) is 0 Å². The molecule has 1 saturated heterocycles. The van der Waals surface area contributed by atoms with Crippen molar-refractivity contribution < 1.29 is 14.3 Å². The Balaban J connectivity index is 1.42. The minimum absolute atomic E-state index is 0.0637. The van der Waals surface area contributed by atoms with E-state index in [1.807, 2.05) is 55.1 Å². The quantitative estimate of drug-likeness (QED) is 0.378. The summed E-state index contributed by atoms with van der Waals surface area (Å²) < 4.78 is 5.12. The molecule has 180 valence electrons. The first-order valence-corrected chi connectivity index (χ1v) is 13.2. The van der Waals surface area contributed by atoms with Crippen LogP contribution in [0.25, 0.3) is 0 Å². The van der Waals surface area contributed by atoms with E-state index in [4.69, 9.17) is 10.1 Å². The van der Waals surface area contributed by atoms with Crippen molar-refractivity contribution in [1.82, 2.24) is 4.90 Å². The molecule has 2 aliphatic rings. The number of esters is 1. The highest BCUT2D eigenvalue weighted by molar-refractivity contribution is 7.99. The van der Waals surface area contributed by atoms with Gasteiger partial charge in [0.05, 0.1) is 6.61 Å². The molecule has 1 unspecified atom stereocenters. The number of fused-ring (bicyclic) bond motifs is 1. The van der Waals surface area contributed by atoms with Crippen molar-refractivity contribution in [2.45, 2.75) is 32.6 Å². The van der Waals surface area contributed by atoms with Crippen LogP contribution in [0.2, 0.25) is 0 Å². The minimum atomic E-state index is -0.140. The SMILES string of the molecule is CCOC(=O)CC1CCc2ccc(C(=O)N(C)c3ccc(C(=N)N4CCSCC4)cc3)cc2C1. The first-order chi connectivity index (χ1) is 16.5. The Morgan fingerprint density at radius 1 is 1.09 bits per heavy atom. The van der Waals surface area contributed by atoms with E-state index < -0.39 is 0 Å². The topological polar surface area (TPSA) is 73.7 Å². The second-order valence-electron chi connectivity index (χ2n) is 8.96. The molecule has 6 nitrogen and oxygen atoms in total. The number of amides is 1. The summed E-state index contributed by atoms with van der Waals surface area (Å²) in [7, 11) is 1.79. The third-order valence-corrected chi connectivity index (χ3v) is 7.65. The van der Waals surface area contributed by atoms with Crippen LogP contribution >= 0.6 is 11.8 Å². The van der Waals surface area contributed by atoms with Gasteiger partial charge < -0.3 is 14.5 Å². The average molecular weight is 480 g/mol. The van der Waals surface area contributed by atoms with Crippen molar-refractivity contribution >= 4 is 35.2 Å². The average Bonchev–Trinajstić information content (AvgIpc) is 2.87. The highest BCUT2D eigenvalue weighted by Gasteiger charge is 2.24. The molecule has 0 radical (unpaired) electrons. The number of aryl methyl sites for hydroxylation is 1. The maximum atomic E-state index is 13.2. The molecule has 0 spiro atoms. The maximum absolute atomic E-state index is 13.2. The summed E-state index contributed by atoms with van der Waals surface area (Å²) >= 11 is 1.93. The molecule has 2 aromatic rings. The molecule has 4 rings (SSSR count). The molecule has 1 aliphatic carbocycles. The third kappa shape index (κ3) is 5.63. The zero-order valence-electron chi connectivity index (χ0n) is 20.0. The number of thioether (sulfide) groups is 1. The molecule has 1 heterocycles. The van der Waals surface area contributed by atoms with Gasteiger partial charge in [0.1, 0.15) is 5.84 Å². The molecular formula is C27H33N3O3S. The van der Waals surface area contributed by atoms with Crippen molar-refractivity contribution in [1.29, 1.82) is 5.41 Å². The van der Waals surface area contributed by atoms with Gasteiger partial charge in [-0.2, -0.15) is 11.8 Å². The summed E-state index contributed by atoms with van der Waals surface area (Å²) in [6.07, 6.45) is 3.12. The number of benzene rings is 2. The molecule has 2 aromatic carbocycles. The van der Waals surface area contributed by atoms with Crippen molar-refractivity contribution in [2.24, 2.45) is 5.92 Å². The molecule has 0 saturated carbocycles. The Kier molecular flexibility index (Phi) is 7.93. The summed E-state index contributed by atoms with van der Waals surface area (Å²) in [6, 6.07) is 13.6. The van der Waals surface area contributed by atoms with E-state index in [1.165, 1.54) is 5.56 Å². The zero-order chi connectivity index (χ0) is 24.1. The summed E-state index contributed by atoms with van der Waals surface area (Å²) in [5, 5.41) is 8.50. The first kappa shape index (κ1) is 24.3. The van der Waals surface area contributed by atoms with E-state index in [1.54, 1.807) is 11.9 Å². The largest absolute Gasteiger partial charge is 0.466 e. The second-order valence-corrected chi connectivity index (χ2v) is 10.2. The van der Waals surface area contributed by atoms with Crippen LogP contribution in [0.1, 0.15) is 46.8 Å².